The second kappa shape index (κ2) is 8.24. The van der Waals surface area contributed by atoms with Crippen LogP contribution < -0.4 is 10.1 Å². The van der Waals surface area contributed by atoms with Gasteiger partial charge in [-0.25, -0.2) is 14.8 Å². The minimum absolute atomic E-state index is 0.133. The Morgan fingerprint density at radius 3 is 2.76 bits per heavy atom. The molecule has 0 aromatic carbocycles. The predicted octanol–water partition coefficient (Wildman–Crippen LogP) is 4.70. The molecule has 174 valence electrons. The van der Waals surface area contributed by atoms with E-state index in [2.05, 4.69) is 20.9 Å². The largest absolute Gasteiger partial charge is 0.496 e. The molecule has 3 aromatic heterocycles. The SMILES string of the molecule is COc1cc2ncc(-c3cccc(NC4CCN(C(=O)OC(C)(C)C)C4)n3)n2cc1C1CC1. The van der Waals surface area contributed by atoms with E-state index in [1.807, 2.05) is 51.2 Å². The molecule has 0 radical (unpaired) electrons. The van der Waals surface area contributed by atoms with E-state index in [9.17, 15) is 4.79 Å². The monoisotopic (exact) mass is 449 g/mol. The van der Waals surface area contributed by atoms with Gasteiger partial charge in [-0.2, -0.15) is 0 Å². The summed E-state index contributed by atoms with van der Waals surface area (Å²) in [5.74, 6) is 2.26. The molecule has 3 aromatic rings. The number of nitrogens with one attached hydrogen (secondary N) is 1. The molecule has 1 unspecified atom stereocenters. The lowest BCUT2D eigenvalue weighted by molar-refractivity contribution is 0.0293. The number of ether oxygens (including phenoxy) is 2. The molecular formula is C25H31N5O3. The Balaban J connectivity index is 1.34. The molecule has 2 fully saturated rings. The average molecular weight is 450 g/mol. The van der Waals surface area contributed by atoms with Crippen molar-refractivity contribution < 1.29 is 14.3 Å². The van der Waals surface area contributed by atoms with E-state index in [4.69, 9.17) is 14.5 Å². The lowest BCUT2D eigenvalue weighted by atomic mass is 10.1. The van der Waals surface area contributed by atoms with E-state index in [1.165, 1.54) is 18.4 Å². The van der Waals surface area contributed by atoms with Crippen molar-refractivity contribution in [3.63, 3.8) is 0 Å². The summed E-state index contributed by atoms with van der Waals surface area (Å²) in [6.07, 6.45) is 6.99. The number of pyridine rings is 2. The second-order valence-corrected chi connectivity index (χ2v) is 9.91. The van der Waals surface area contributed by atoms with Crippen molar-refractivity contribution in [2.24, 2.45) is 0 Å². The Labute approximate surface area is 193 Å². The van der Waals surface area contributed by atoms with Gasteiger partial charge in [0.05, 0.1) is 24.7 Å². The molecule has 4 heterocycles. The fraction of sp³-hybridized carbons (Fsp3) is 0.480. The molecule has 1 atom stereocenters. The van der Waals surface area contributed by atoms with Gasteiger partial charge < -0.3 is 19.7 Å². The van der Waals surface area contributed by atoms with Gasteiger partial charge in [0, 0.05) is 37.0 Å². The highest BCUT2D eigenvalue weighted by Gasteiger charge is 2.30. The summed E-state index contributed by atoms with van der Waals surface area (Å²) in [6, 6.07) is 8.09. The number of carbonyl (C=O) groups excluding carboxylic acids is 1. The number of fused-ring (bicyclic) bond motifs is 1. The van der Waals surface area contributed by atoms with Crippen LogP contribution in [0, 0.1) is 0 Å². The third kappa shape index (κ3) is 4.60. The Hall–Kier alpha value is -3.29. The van der Waals surface area contributed by atoms with E-state index in [1.54, 1.807) is 12.0 Å². The number of hydrogen-bond donors (Lipinski definition) is 1. The van der Waals surface area contributed by atoms with E-state index < -0.39 is 5.60 Å². The zero-order chi connectivity index (χ0) is 23.2. The summed E-state index contributed by atoms with van der Waals surface area (Å²) < 4.78 is 13.2. The molecule has 0 bridgehead atoms. The third-order valence-corrected chi connectivity index (χ3v) is 6.08. The van der Waals surface area contributed by atoms with Crippen LogP contribution in [0.4, 0.5) is 10.6 Å². The van der Waals surface area contributed by atoms with Crippen LogP contribution in [-0.4, -0.2) is 57.2 Å². The molecule has 0 spiro atoms. The number of rotatable bonds is 5. The first-order valence-electron chi connectivity index (χ1n) is 11.6. The number of aromatic nitrogens is 3. The van der Waals surface area contributed by atoms with Crippen LogP contribution in [0.15, 0.2) is 36.7 Å². The van der Waals surface area contributed by atoms with Gasteiger partial charge in [-0.15, -0.1) is 0 Å². The Morgan fingerprint density at radius 2 is 2.03 bits per heavy atom. The van der Waals surface area contributed by atoms with Crippen LogP contribution in [-0.2, 0) is 4.74 Å². The van der Waals surface area contributed by atoms with Crippen molar-refractivity contribution in [3.8, 4) is 17.1 Å². The topological polar surface area (TPSA) is 81.0 Å². The summed E-state index contributed by atoms with van der Waals surface area (Å²) in [6.45, 7) is 6.92. The number of hydrogen-bond acceptors (Lipinski definition) is 6. The molecular weight excluding hydrogens is 418 g/mol. The number of amides is 1. The van der Waals surface area contributed by atoms with E-state index >= 15 is 0 Å². The summed E-state index contributed by atoms with van der Waals surface area (Å²) in [5, 5.41) is 3.49. The first kappa shape index (κ1) is 21.6. The van der Waals surface area contributed by atoms with Crippen molar-refractivity contribution in [3.05, 3.63) is 42.2 Å². The van der Waals surface area contributed by atoms with Crippen LogP contribution in [0.1, 0.15) is 51.5 Å². The average Bonchev–Trinajstić information content (AvgIpc) is 3.36. The maximum absolute atomic E-state index is 12.4. The number of imidazole rings is 1. The normalized spacial score (nSPS) is 18.5. The third-order valence-electron chi connectivity index (χ3n) is 6.08. The molecule has 1 saturated carbocycles. The molecule has 1 saturated heterocycles. The number of likely N-dealkylation sites (tertiary alicyclic amines) is 1. The molecule has 1 aliphatic heterocycles. The van der Waals surface area contributed by atoms with E-state index in [0.29, 0.717) is 19.0 Å². The minimum atomic E-state index is -0.490. The number of carbonyl (C=O) groups is 1. The highest BCUT2D eigenvalue weighted by atomic mass is 16.6. The molecule has 1 amide bonds. The van der Waals surface area contributed by atoms with Gasteiger partial charge in [0.25, 0.3) is 0 Å². The first-order chi connectivity index (χ1) is 15.8. The zero-order valence-corrected chi connectivity index (χ0v) is 19.7. The van der Waals surface area contributed by atoms with Gasteiger partial charge in [-0.05, 0) is 58.1 Å². The first-order valence-corrected chi connectivity index (χ1v) is 11.6. The number of nitrogens with zero attached hydrogens (tertiary/aromatic N) is 4. The summed E-state index contributed by atoms with van der Waals surface area (Å²) in [7, 11) is 1.71. The molecule has 8 heteroatoms. The van der Waals surface area contributed by atoms with E-state index in [0.717, 1.165) is 35.0 Å². The van der Waals surface area contributed by atoms with Crippen molar-refractivity contribution in [1.29, 1.82) is 0 Å². The standard InChI is InChI=1S/C25H31N5O3/c1-25(2,3)33-24(31)29-11-10-17(14-29)27-22-7-5-6-19(28-22)20-13-26-23-12-21(32-4)18(15-30(20)23)16-8-9-16/h5-7,12-13,15-17H,8-11,14H2,1-4H3,(H,27,28). The molecule has 33 heavy (non-hydrogen) atoms. The van der Waals surface area contributed by atoms with Gasteiger partial charge in [-0.1, -0.05) is 6.07 Å². The summed E-state index contributed by atoms with van der Waals surface area (Å²) in [4.78, 5) is 23.5. The quantitative estimate of drug-likeness (QED) is 0.608. The van der Waals surface area contributed by atoms with Crippen LogP contribution in [0.2, 0.25) is 0 Å². The maximum atomic E-state index is 12.4. The number of methoxy groups -OCH3 is 1. The highest BCUT2D eigenvalue weighted by Crippen LogP contribution is 2.44. The zero-order valence-electron chi connectivity index (χ0n) is 19.7. The number of anilines is 1. The summed E-state index contributed by atoms with van der Waals surface area (Å²) in [5.41, 5.74) is 3.37. The Morgan fingerprint density at radius 1 is 1.21 bits per heavy atom. The van der Waals surface area contributed by atoms with Crippen LogP contribution in [0.3, 0.4) is 0 Å². The van der Waals surface area contributed by atoms with Gasteiger partial charge in [0.1, 0.15) is 22.8 Å². The van der Waals surface area contributed by atoms with Crippen molar-refractivity contribution in [2.75, 3.05) is 25.5 Å². The van der Waals surface area contributed by atoms with Crippen LogP contribution in [0.5, 0.6) is 5.75 Å². The fourth-order valence-corrected chi connectivity index (χ4v) is 4.33. The molecule has 1 aliphatic carbocycles. The minimum Gasteiger partial charge on any atom is -0.496 e. The lowest BCUT2D eigenvalue weighted by Crippen LogP contribution is -2.36. The smallest absolute Gasteiger partial charge is 0.410 e. The van der Waals surface area contributed by atoms with Crippen molar-refractivity contribution in [1.82, 2.24) is 19.3 Å². The van der Waals surface area contributed by atoms with E-state index in [-0.39, 0.29) is 12.1 Å². The molecule has 5 rings (SSSR count). The fourth-order valence-electron chi connectivity index (χ4n) is 4.33. The van der Waals surface area contributed by atoms with Crippen LogP contribution in [0.25, 0.3) is 17.0 Å². The predicted molar refractivity (Wildman–Crippen MR) is 127 cm³/mol. The molecule has 8 nitrogen and oxygen atoms in total. The summed E-state index contributed by atoms with van der Waals surface area (Å²) >= 11 is 0. The molecule has 2 aliphatic rings. The van der Waals surface area contributed by atoms with Gasteiger partial charge in [0.2, 0.25) is 0 Å². The van der Waals surface area contributed by atoms with Gasteiger partial charge >= 0.3 is 6.09 Å². The Kier molecular flexibility index (Phi) is 5.38. The van der Waals surface area contributed by atoms with Gasteiger partial charge in [-0.3, -0.25) is 4.40 Å². The molecule has 1 N–H and O–H groups in total. The lowest BCUT2D eigenvalue weighted by Gasteiger charge is -2.24. The van der Waals surface area contributed by atoms with Gasteiger partial charge in [0.15, 0.2) is 0 Å². The van der Waals surface area contributed by atoms with Crippen molar-refractivity contribution in [2.45, 2.75) is 57.6 Å². The maximum Gasteiger partial charge on any atom is 0.410 e. The highest BCUT2D eigenvalue weighted by molar-refractivity contribution is 5.69. The second-order valence-electron chi connectivity index (χ2n) is 9.91. The Bertz CT molecular complexity index is 1180. The van der Waals surface area contributed by atoms with Crippen molar-refractivity contribution >= 4 is 17.6 Å². The van der Waals surface area contributed by atoms with Crippen LogP contribution >= 0.6 is 0 Å².